The number of aryl methyl sites for hydroxylation is 1. The average molecular weight is 290 g/mol. The molecule has 2 saturated heterocycles. The van der Waals surface area contributed by atoms with Crippen LogP contribution in [0.5, 0.6) is 0 Å². The Morgan fingerprint density at radius 2 is 2.00 bits per heavy atom. The van der Waals surface area contributed by atoms with Crippen molar-refractivity contribution in [2.45, 2.75) is 37.6 Å². The van der Waals surface area contributed by atoms with Crippen LogP contribution in [-0.4, -0.2) is 35.7 Å². The van der Waals surface area contributed by atoms with Crippen LogP contribution in [-0.2, 0) is 4.79 Å². The highest BCUT2D eigenvalue weighted by Crippen LogP contribution is 2.34. The van der Waals surface area contributed by atoms with Gasteiger partial charge in [-0.3, -0.25) is 10.1 Å². The Morgan fingerprint density at radius 1 is 1.25 bits per heavy atom. The molecule has 1 amide bonds. The highest BCUT2D eigenvalue weighted by atomic mass is 32.2. The fourth-order valence-electron chi connectivity index (χ4n) is 3.01. The number of benzene rings is 1. The summed E-state index contributed by atoms with van der Waals surface area (Å²) in [4.78, 5) is 14.6. The van der Waals surface area contributed by atoms with Crippen LogP contribution < -0.4 is 5.32 Å². The maximum atomic E-state index is 12.5. The fraction of sp³-hybridized carbons (Fsp3) is 0.562. The second kappa shape index (κ2) is 6.19. The van der Waals surface area contributed by atoms with Gasteiger partial charge >= 0.3 is 0 Å². The molecule has 4 heteroatoms. The first-order valence-corrected chi connectivity index (χ1v) is 8.52. The normalized spacial score (nSPS) is 26.8. The quantitative estimate of drug-likeness (QED) is 0.909. The minimum absolute atomic E-state index is 0.0114. The molecular formula is C16H22N2OS. The predicted molar refractivity (Wildman–Crippen MR) is 83.7 cm³/mol. The summed E-state index contributed by atoms with van der Waals surface area (Å²) in [5, 5.41) is 3.78. The Hall–Kier alpha value is -1.00. The van der Waals surface area contributed by atoms with E-state index in [1.165, 1.54) is 17.5 Å². The molecule has 1 aromatic carbocycles. The number of nitrogens with zero attached hydrogens (tertiary/aromatic N) is 1. The zero-order valence-corrected chi connectivity index (χ0v) is 12.8. The lowest BCUT2D eigenvalue weighted by molar-refractivity contribution is -0.133. The summed E-state index contributed by atoms with van der Waals surface area (Å²) in [6.07, 6.45) is 3.59. The van der Waals surface area contributed by atoms with E-state index in [0.717, 1.165) is 31.7 Å². The first-order valence-electron chi connectivity index (χ1n) is 7.47. The summed E-state index contributed by atoms with van der Waals surface area (Å²) in [5.41, 5.74) is 2.61. The third-order valence-electron chi connectivity index (χ3n) is 4.22. The SMILES string of the molecule is Cc1ccccc1C1NC(C(=O)N2CCCCC2)CS1. The standard InChI is InChI=1S/C16H22N2OS/c1-12-7-3-4-8-13(12)15-17-14(11-20-15)16(19)18-9-5-2-6-10-18/h3-4,7-8,14-15,17H,2,5-6,9-11H2,1H3. The Bertz CT molecular complexity index is 485. The molecular weight excluding hydrogens is 268 g/mol. The van der Waals surface area contributed by atoms with Crippen LogP contribution in [0, 0.1) is 6.92 Å². The molecule has 2 unspecified atom stereocenters. The Kier molecular flexibility index (Phi) is 4.32. The fourth-order valence-corrected chi connectivity index (χ4v) is 4.34. The smallest absolute Gasteiger partial charge is 0.240 e. The zero-order valence-electron chi connectivity index (χ0n) is 12.0. The molecule has 0 saturated carbocycles. The third kappa shape index (κ3) is 2.86. The number of carbonyl (C=O) groups excluding carboxylic acids is 1. The van der Waals surface area contributed by atoms with E-state index in [9.17, 15) is 4.79 Å². The van der Waals surface area contributed by atoms with Gasteiger partial charge in [0.2, 0.25) is 5.91 Å². The zero-order chi connectivity index (χ0) is 13.9. The van der Waals surface area contributed by atoms with Crippen molar-refractivity contribution in [1.82, 2.24) is 10.2 Å². The van der Waals surface area contributed by atoms with Crippen LogP contribution >= 0.6 is 11.8 Å². The molecule has 2 fully saturated rings. The summed E-state index contributed by atoms with van der Waals surface area (Å²) >= 11 is 1.85. The molecule has 20 heavy (non-hydrogen) atoms. The molecule has 2 aliphatic rings. The minimum atomic E-state index is -0.0114. The van der Waals surface area contributed by atoms with Crippen molar-refractivity contribution in [3.63, 3.8) is 0 Å². The van der Waals surface area contributed by atoms with Gasteiger partial charge in [0.1, 0.15) is 0 Å². The van der Waals surface area contributed by atoms with Gasteiger partial charge < -0.3 is 4.90 Å². The number of rotatable bonds is 2. The van der Waals surface area contributed by atoms with E-state index in [-0.39, 0.29) is 11.4 Å². The average Bonchev–Trinajstić information content (AvgIpc) is 2.97. The molecule has 1 aromatic rings. The second-order valence-corrected chi connectivity index (χ2v) is 6.81. The van der Waals surface area contributed by atoms with Gasteiger partial charge in [-0.15, -0.1) is 11.8 Å². The van der Waals surface area contributed by atoms with Crippen molar-refractivity contribution in [1.29, 1.82) is 0 Å². The Balaban J connectivity index is 1.64. The van der Waals surface area contributed by atoms with E-state index in [2.05, 4.69) is 36.5 Å². The number of hydrogen-bond acceptors (Lipinski definition) is 3. The van der Waals surface area contributed by atoms with Crippen molar-refractivity contribution >= 4 is 17.7 Å². The molecule has 2 atom stereocenters. The maximum absolute atomic E-state index is 12.5. The van der Waals surface area contributed by atoms with Crippen molar-refractivity contribution < 1.29 is 4.79 Å². The van der Waals surface area contributed by atoms with Gasteiger partial charge in [0.15, 0.2) is 0 Å². The number of carbonyl (C=O) groups is 1. The molecule has 0 aliphatic carbocycles. The summed E-state index contributed by atoms with van der Waals surface area (Å²) < 4.78 is 0. The van der Waals surface area contributed by atoms with Crippen LogP contribution in [0.4, 0.5) is 0 Å². The first-order chi connectivity index (χ1) is 9.75. The monoisotopic (exact) mass is 290 g/mol. The first kappa shape index (κ1) is 14.0. The van der Waals surface area contributed by atoms with Crippen LogP contribution in [0.2, 0.25) is 0 Å². The molecule has 0 aromatic heterocycles. The highest BCUT2D eigenvalue weighted by molar-refractivity contribution is 7.99. The summed E-state index contributed by atoms with van der Waals surface area (Å²) in [6.45, 7) is 4.02. The Morgan fingerprint density at radius 3 is 2.75 bits per heavy atom. The summed E-state index contributed by atoms with van der Waals surface area (Å²) in [7, 11) is 0. The van der Waals surface area contributed by atoms with E-state index in [0.29, 0.717) is 5.91 Å². The van der Waals surface area contributed by atoms with E-state index in [1.807, 2.05) is 16.7 Å². The van der Waals surface area contributed by atoms with Gasteiger partial charge in [-0.05, 0) is 37.3 Å². The van der Waals surface area contributed by atoms with E-state index in [4.69, 9.17) is 0 Å². The van der Waals surface area contributed by atoms with Crippen molar-refractivity contribution in [2.24, 2.45) is 0 Å². The molecule has 3 rings (SSSR count). The van der Waals surface area contributed by atoms with Crippen molar-refractivity contribution in [3.8, 4) is 0 Å². The highest BCUT2D eigenvalue weighted by Gasteiger charge is 2.33. The molecule has 1 N–H and O–H groups in total. The lowest BCUT2D eigenvalue weighted by atomic mass is 10.1. The molecule has 2 aliphatic heterocycles. The number of amides is 1. The van der Waals surface area contributed by atoms with Gasteiger partial charge in [-0.1, -0.05) is 24.3 Å². The number of thioether (sulfide) groups is 1. The van der Waals surface area contributed by atoms with Crippen molar-refractivity contribution in [2.75, 3.05) is 18.8 Å². The van der Waals surface area contributed by atoms with Crippen LogP contribution in [0.25, 0.3) is 0 Å². The van der Waals surface area contributed by atoms with Crippen LogP contribution in [0.1, 0.15) is 35.8 Å². The van der Waals surface area contributed by atoms with Crippen LogP contribution in [0.3, 0.4) is 0 Å². The maximum Gasteiger partial charge on any atom is 0.240 e. The number of piperidine rings is 1. The summed E-state index contributed by atoms with van der Waals surface area (Å²) in [5.74, 6) is 1.18. The number of hydrogen-bond donors (Lipinski definition) is 1. The molecule has 108 valence electrons. The van der Waals surface area contributed by atoms with Gasteiger partial charge in [0.05, 0.1) is 11.4 Å². The molecule has 2 heterocycles. The third-order valence-corrected chi connectivity index (χ3v) is 5.47. The largest absolute Gasteiger partial charge is 0.341 e. The summed E-state index contributed by atoms with van der Waals surface area (Å²) in [6, 6.07) is 8.42. The minimum Gasteiger partial charge on any atom is -0.341 e. The van der Waals surface area contributed by atoms with Gasteiger partial charge in [-0.25, -0.2) is 0 Å². The molecule has 3 nitrogen and oxygen atoms in total. The predicted octanol–water partition coefficient (Wildman–Crippen LogP) is 2.71. The van der Waals surface area contributed by atoms with Gasteiger partial charge in [0, 0.05) is 18.8 Å². The number of likely N-dealkylation sites (tertiary alicyclic amines) is 1. The van der Waals surface area contributed by atoms with Crippen LogP contribution in [0.15, 0.2) is 24.3 Å². The van der Waals surface area contributed by atoms with E-state index in [1.54, 1.807) is 0 Å². The molecule has 0 spiro atoms. The number of nitrogens with one attached hydrogen (secondary N) is 1. The Labute approximate surface area is 125 Å². The van der Waals surface area contributed by atoms with E-state index >= 15 is 0 Å². The molecule has 0 bridgehead atoms. The van der Waals surface area contributed by atoms with Gasteiger partial charge in [0.25, 0.3) is 0 Å². The van der Waals surface area contributed by atoms with Gasteiger partial charge in [-0.2, -0.15) is 0 Å². The molecule has 0 radical (unpaired) electrons. The van der Waals surface area contributed by atoms with Crippen molar-refractivity contribution in [3.05, 3.63) is 35.4 Å². The topological polar surface area (TPSA) is 32.3 Å². The second-order valence-electron chi connectivity index (χ2n) is 5.68. The lowest BCUT2D eigenvalue weighted by Gasteiger charge is -2.29. The lowest BCUT2D eigenvalue weighted by Crippen LogP contribution is -2.47. The van der Waals surface area contributed by atoms with E-state index < -0.39 is 0 Å².